The van der Waals surface area contributed by atoms with Crippen molar-refractivity contribution in [2.75, 3.05) is 14.2 Å². The maximum atomic E-state index is 12.2. The molecule has 0 unspecified atom stereocenters. The zero-order chi connectivity index (χ0) is 16.1. The van der Waals surface area contributed by atoms with Crippen LogP contribution in [0.4, 0.5) is 0 Å². The molecule has 1 saturated carbocycles. The maximum absolute atomic E-state index is 12.2. The van der Waals surface area contributed by atoms with Gasteiger partial charge in [0.05, 0.1) is 12.6 Å². The summed E-state index contributed by atoms with van der Waals surface area (Å²) in [6, 6.07) is 3.26. The number of nitrogens with one attached hydrogen (secondary N) is 2. The third-order valence-corrected chi connectivity index (χ3v) is 4.07. The van der Waals surface area contributed by atoms with E-state index in [1.54, 1.807) is 19.2 Å². The first-order valence-corrected chi connectivity index (χ1v) is 7.42. The predicted octanol–water partition coefficient (Wildman–Crippen LogP) is 0.398. The summed E-state index contributed by atoms with van der Waals surface area (Å²) in [5.41, 5.74) is 5.95. The number of furan rings is 1. The molecule has 0 spiro atoms. The van der Waals surface area contributed by atoms with Gasteiger partial charge in [-0.05, 0) is 31.4 Å². The Morgan fingerprint density at radius 1 is 1.41 bits per heavy atom. The molecule has 0 aromatic carbocycles. The van der Waals surface area contributed by atoms with Crippen LogP contribution in [0, 0.1) is 5.92 Å². The lowest BCUT2D eigenvalue weighted by atomic mass is 9.83. The first-order valence-electron chi connectivity index (χ1n) is 7.42. The fraction of sp³-hybridized carbons (Fsp3) is 0.600. The Balaban J connectivity index is 1.85. The Bertz CT molecular complexity index is 529. The third kappa shape index (κ3) is 3.86. The fourth-order valence-corrected chi connectivity index (χ4v) is 2.70. The van der Waals surface area contributed by atoms with Crippen molar-refractivity contribution in [3.63, 3.8) is 0 Å². The van der Waals surface area contributed by atoms with Crippen LogP contribution < -0.4 is 16.4 Å². The van der Waals surface area contributed by atoms with Crippen LogP contribution in [-0.4, -0.2) is 38.1 Å². The van der Waals surface area contributed by atoms with E-state index < -0.39 is 0 Å². The van der Waals surface area contributed by atoms with Crippen molar-refractivity contribution >= 4 is 11.8 Å². The molecule has 2 rings (SSSR count). The van der Waals surface area contributed by atoms with Crippen LogP contribution in [0.1, 0.15) is 35.6 Å². The predicted molar refractivity (Wildman–Crippen MR) is 80.1 cm³/mol. The SMILES string of the molecule is CNC(=O)c1ccc(CNC(=O)[C@H]2CC[C@H](N)[C@@H](OC)C2)o1. The Labute approximate surface area is 129 Å². The van der Waals surface area contributed by atoms with E-state index in [2.05, 4.69) is 10.6 Å². The number of carbonyl (C=O) groups excluding carboxylic acids is 2. The quantitative estimate of drug-likeness (QED) is 0.730. The summed E-state index contributed by atoms with van der Waals surface area (Å²) in [5.74, 6) is 0.351. The van der Waals surface area contributed by atoms with Gasteiger partial charge in [0.2, 0.25) is 5.91 Å². The Morgan fingerprint density at radius 3 is 2.86 bits per heavy atom. The average molecular weight is 309 g/mol. The smallest absolute Gasteiger partial charge is 0.286 e. The third-order valence-electron chi connectivity index (χ3n) is 4.07. The minimum Gasteiger partial charge on any atom is -0.454 e. The Kier molecular flexibility index (Phi) is 5.57. The number of carbonyl (C=O) groups is 2. The van der Waals surface area contributed by atoms with E-state index in [1.807, 2.05) is 0 Å². The topological polar surface area (TPSA) is 107 Å². The van der Waals surface area contributed by atoms with Gasteiger partial charge in [-0.25, -0.2) is 0 Å². The van der Waals surface area contributed by atoms with Crippen molar-refractivity contribution in [2.45, 2.75) is 38.0 Å². The summed E-state index contributed by atoms with van der Waals surface area (Å²) in [4.78, 5) is 23.6. The summed E-state index contributed by atoms with van der Waals surface area (Å²) in [5, 5.41) is 5.32. The Morgan fingerprint density at radius 2 is 2.18 bits per heavy atom. The van der Waals surface area contributed by atoms with Crippen molar-refractivity contribution in [3.8, 4) is 0 Å². The molecule has 22 heavy (non-hydrogen) atoms. The van der Waals surface area contributed by atoms with E-state index in [4.69, 9.17) is 14.9 Å². The fourth-order valence-electron chi connectivity index (χ4n) is 2.70. The van der Waals surface area contributed by atoms with E-state index in [0.717, 1.165) is 12.8 Å². The normalized spacial score (nSPS) is 24.8. The molecule has 1 aromatic rings. The largest absolute Gasteiger partial charge is 0.454 e. The molecule has 2 amide bonds. The molecule has 7 heteroatoms. The van der Waals surface area contributed by atoms with Gasteiger partial charge < -0.3 is 25.5 Å². The second-order valence-electron chi connectivity index (χ2n) is 5.51. The lowest BCUT2D eigenvalue weighted by Gasteiger charge is -2.32. The summed E-state index contributed by atoms with van der Waals surface area (Å²) >= 11 is 0. The first kappa shape index (κ1) is 16.5. The van der Waals surface area contributed by atoms with Gasteiger partial charge in [0.15, 0.2) is 5.76 Å². The Hall–Kier alpha value is -1.86. The van der Waals surface area contributed by atoms with Crippen LogP contribution in [0.3, 0.4) is 0 Å². The number of rotatable bonds is 5. The molecule has 0 radical (unpaired) electrons. The van der Waals surface area contributed by atoms with Gasteiger partial charge in [-0.15, -0.1) is 0 Å². The van der Waals surface area contributed by atoms with E-state index in [1.165, 1.54) is 7.05 Å². The minimum atomic E-state index is -0.290. The number of amides is 2. The molecule has 1 fully saturated rings. The molecule has 1 aliphatic rings. The average Bonchev–Trinajstić information content (AvgIpc) is 3.01. The van der Waals surface area contributed by atoms with Gasteiger partial charge in [-0.2, -0.15) is 0 Å². The molecule has 4 N–H and O–H groups in total. The van der Waals surface area contributed by atoms with Gasteiger partial charge in [0.25, 0.3) is 5.91 Å². The molecule has 0 bridgehead atoms. The van der Waals surface area contributed by atoms with E-state index in [9.17, 15) is 9.59 Å². The van der Waals surface area contributed by atoms with Crippen LogP contribution in [0.15, 0.2) is 16.5 Å². The van der Waals surface area contributed by atoms with Gasteiger partial charge in [-0.1, -0.05) is 0 Å². The van der Waals surface area contributed by atoms with Crippen molar-refractivity contribution in [1.82, 2.24) is 10.6 Å². The van der Waals surface area contributed by atoms with Crippen LogP contribution in [0.2, 0.25) is 0 Å². The molecule has 0 aliphatic heterocycles. The van der Waals surface area contributed by atoms with E-state index in [0.29, 0.717) is 12.2 Å². The molecule has 122 valence electrons. The maximum Gasteiger partial charge on any atom is 0.286 e. The second kappa shape index (κ2) is 7.42. The number of nitrogens with two attached hydrogens (primary N) is 1. The van der Waals surface area contributed by atoms with Gasteiger partial charge in [0.1, 0.15) is 5.76 Å². The number of hydrogen-bond acceptors (Lipinski definition) is 5. The zero-order valence-electron chi connectivity index (χ0n) is 12.9. The molecule has 7 nitrogen and oxygen atoms in total. The molecule has 1 heterocycles. The van der Waals surface area contributed by atoms with E-state index >= 15 is 0 Å². The molecular formula is C15H23N3O4. The van der Waals surface area contributed by atoms with Crippen LogP contribution in [-0.2, 0) is 16.1 Å². The molecule has 0 saturated heterocycles. The highest BCUT2D eigenvalue weighted by Crippen LogP contribution is 2.25. The standard InChI is InChI=1S/C15H23N3O4/c1-17-15(20)12-6-4-10(22-12)8-18-14(19)9-3-5-11(16)13(7-9)21-2/h4,6,9,11,13H,3,5,7-8,16H2,1-2H3,(H,17,20)(H,18,19)/t9-,11-,13-/m0/s1. The van der Waals surface area contributed by atoms with Crippen molar-refractivity contribution in [3.05, 3.63) is 23.7 Å². The van der Waals surface area contributed by atoms with Crippen LogP contribution in [0.5, 0.6) is 0 Å². The highest BCUT2D eigenvalue weighted by atomic mass is 16.5. The molecule has 1 aromatic heterocycles. The minimum absolute atomic E-state index is 0.00534. The van der Waals surface area contributed by atoms with Gasteiger partial charge in [0, 0.05) is 26.1 Å². The number of hydrogen-bond donors (Lipinski definition) is 3. The molecule has 3 atom stereocenters. The van der Waals surface area contributed by atoms with Crippen LogP contribution in [0.25, 0.3) is 0 Å². The summed E-state index contributed by atoms with van der Waals surface area (Å²) in [6.45, 7) is 0.260. The highest BCUT2D eigenvalue weighted by Gasteiger charge is 2.32. The van der Waals surface area contributed by atoms with Crippen molar-refractivity contribution < 1.29 is 18.7 Å². The van der Waals surface area contributed by atoms with Crippen LogP contribution >= 0.6 is 0 Å². The zero-order valence-corrected chi connectivity index (χ0v) is 12.9. The highest BCUT2D eigenvalue weighted by molar-refractivity contribution is 5.91. The lowest BCUT2D eigenvalue weighted by molar-refractivity contribution is -0.128. The van der Waals surface area contributed by atoms with Crippen molar-refractivity contribution in [1.29, 1.82) is 0 Å². The van der Waals surface area contributed by atoms with E-state index in [-0.39, 0.29) is 42.2 Å². The summed E-state index contributed by atoms with van der Waals surface area (Å²) in [6.07, 6.45) is 2.09. The molecule has 1 aliphatic carbocycles. The van der Waals surface area contributed by atoms with Gasteiger partial charge >= 0.3 is 0 Å². The van der Waals surface area contributed by atoms with Crippen molar-refractivity contribution in [2.24, 2.45) is 11.7 Å². The summed E-state index contributed by atoms with van der Waals surface area (Å²) in [7, 11) is 3.15. The van der Waals surface area contributed by atoms with Gasteiger partial charge in [-0.3, -0.25) is 9.59 Å². The first-order chi connectivity index (χ1) is 10.5. The second-order valence-corrected chi connectivity index (χ2v) is 5.51. The monoisotopic (exact) mass is 309 g/mol. The summed E-state index contributed by atoms with van der Waals surface area (Å²) < 4.78 is 10.7. The number of methoxy groups -OCH3 is 1. The molecular weight excluding hydrogens is 286 g/mol. The number of ether oxygens (including phenoxy) is 1. The lowest BCUT2D eigenvalue weighted by Crippen LogP contribution is -2.45.